The lowest BCUT2D eigenvalue weighted by atomic mass is 10.2. The highest BCUT2D eigenvalue weighted by Gasteiger charge is 2.23. The van der Waals surface area contributed by atoms with Gasteiger partial charge in [0.1, 0.15) is 22.9 Å². The van der Waals surface area contributed by atoms with Crippen LogP contribution in [0.3, 0.4) is 0 Å². The largest absolute Gasteiger partial charge is 0.347 e. The van der Waals surface area contributed by atoms with Crippen LogP contribution < -0.4 is 5.32 Å². The van der Waals surface area contributed by atoms with Gasteiger partial charge in [-0.25, -0.2) is 9.07 Å². The molecule has 1 N–H and O–H groups in total. The molecule has 0 radical (unpaired) electrons. The number of aromatic nitrogens is 3. The molecule has 0 aliphatic rings. The van der Waals surface area contributed by atoms with Crippen LogP contribution >= 0.6 is 11.3 Å². The van der Waals surface area contributed by atoms with E-state index in [0.29, 0.717) is 17.8 Å². The van der Waals surface area contributed by atoms with E-state index in [1.54, 1.807) is 23.5 Å². The van der Waals surface area contributed by atoms with E-state index in [9.17, 15) is 9.18 Å². The Bertz CT molecular complexity index is 1390. The van der Waals surface area contributed by atoms with Gasteiger partial charge in [-0.2, -0.15) is 5.10 Å². The number of carbonyl (C=O) groups is 1. The van der Waals surface area contributed by atoms with Crippen molar-refractivity contribution in [3.63, 3.8) is 0 Å². The summed E-state index contributed by atoms with van der Waals surface area (Å²) in [5.41, 5.74) is 3.93. The zero-order valence-electron chi connectivity index (χ0n) is 17.5. The van der Waals surface area contributed by atoms with Crippen LogP contribution in [0.15, 0.2) is 78.2 Å². The number of carbonyl (C=O) groups excluding carboxylic acids is 1. The van der Waals surface area contributed by atoms with Crippen LogP contribution in [0.1, 0.15) is 23.0 Å². The van der Waals surface area contributed by atoms with Gasteiger partial charge in [-0.1, -0.05) is 36.4 Å². The molecule has 3 aromatic heterocycles. The van der Waals surface area contributed by atoms with Crippen LogP contribution in [0.2, 0.25) is 0 Å². The molecule has 1 amide bonds. The molecule has 0 spiro atoms. The quantitative estimate of drug-likeness (QED) is 0.368. The van der Waals surface area contributed by atoms with Gasteiger partial charge in [-0.3, -0.25) is 4.79 Å². The molecule has 0 saturated carbocycles. The van der Waals surface area contributed by atoms with E-state index >= 15 is 0 Å². The second-order valence-corrected chi connectivity index (χ2v) is 8.34. The zero-order valence-corrected chi connectivity index (χ0v) is 18.3. The van der Waals surface area contributed by atoms with Crippen molar-refractivity contribution in [3.05, 3.63) is 95.3 Å². The van der Waals surface area contributed by atoms with Crippen molar-refractivity contribution in [2.45, 2.75) is 20.0 Å². The summed E-state index contributed by atoms with van der Waals surface area (Å²) in [6, 6.07) is 22.1. The van der Waals surface area contributed by atoms with Gasteiger partial charge in [-0.15, -0.1) is 11.3 Å². The second kappa shape index (κ2) is 8.43. The Morgan fingerprint density at radius 2 is 1.91 bits per heavy atom. The summed E-state index contributed by atoms with van der Waals surface area (Å²) in [6.45, 7) is 2.87. The van der Waals surface area contributed by atoms with Crippen LogP contribution in [-0.4, -0.2) is 20.3 Å². The van der Waals surface area contributed by atoms with E-state index in [0.717, 1.165) is 27.3 Å². The molecule has 0 saturated heterocycles. The van der Waals surface area contributed by atoms with Gasteiger partial charge in [0.25, 0.3) is 5.91 Å². The molecule has 3 heterocycles. The molecule has 2 aromatic carbocycles. The third-order valence-electron chi connectivity index (χ3n) is 5.37. The number of aryl methyl sites for hydroxylation is 1. The predicted molar refractivity (Wildman–Crippen MR) is 126 cm³/mol. The number of hydrogen-bond acceptors (Lipinski definition) is 3. The average molecular weight is 445 g/mol. The maximum atomic E-state index is 13.5. The molecule has 7 heteroatoms. The number of benzene rings is 2. The first-order valence-electron chi connectivity index (χ1n) is 10.4. The fourth-order valence-electron chi connectivity index (χ4n) is 3.92. The summed E-state index contributed by atoms with van der Waals surface area (Å²) in [5.74, 6) is -0.521. The number of nitrogens with zero attached hydrogens (tertiary/aromatic N) is 3. The number of amides is 1. The van der Waals surface area contributed by atoms with E-state index in [-0.39, 0.29) is 18.3 Å². The minimum Gasteiger partial charge on any atom is -0.347 e. The molecule has 0 atom stereocenters. The van der Waals surface area contributed by atoms with E-state index in [1.165, 1.54) is 12.1 Å². The van der Waals surface area contributed by atoms with Gasteiger partial charge in [0.05, 0.1) is 10.6 Å². The first-order valence-corrected chi connectivity index (χ1v) is 11.3. The molecular formula is C25H21FN4OS. The molecular weight excluding hydrogens is 423 g/mol. The number of halogens is 1. The summed E-state index contributed by atoms with van der Waals surface area (Å²) < 4.78 is 17.4. The van der Waals surface area contributed by atoms with E-state index in [2.05, 4.69) is 5.32 Å². The topological polar surface area (TPSA) is 51.9 Å². The third-order valence-corrected chi connectivity index (χ3v) is 6.25. The average Bonchev–Trinajstić information content (AvgIpc) is 3.54. The molecule has 32 heavy (non-hydrogen) atoms. The van der Waals surface area contributed by atoms with Crippen molar-refractivity contribution >= 4 is 28.3 Å². The molecule has 5 nitrogen and oxygen atoms in total. The highest BCUT2D eigenvalue weighted by Crippen LogP contribution is 2.34. The summed E-state index contributed by atoms with van der Waals surface area (Å²) in [7, 11) is 0. The number of thiophene rings is 1. The summed E-state index contributed by atoms with van der Waals surface area (Å²) in [4.78, 5) is 14.2. The van der Waals surface area contributed by atoms with Crippen molar-refractivity contribution in [3.8, 4) is 16.3 Å². The molecule has 0 fully saturated rings. The lowest BCUT2D eigenvalue weighted by Crippen LogP contribution is -2.25. The summed E-state index contributed by atoms with van der Waals surface area (Å²) in [6.07, 6.45) is 0. The second-order valence-electron chi connectivity index (χ2n) is 7.40. The highest BCUT2D eigenvalue weighted by atomic mass is 32.1. The lowest BCUT2D eigenvalue weighted by Gasteiger charge is -2.11. The van der Waals surface area contributed by atoms with E-state index < -0.39 is 0 Å². The van der Waals surface area contributed by atoms with E-state index in [1.807, 2.05) is 70.1 Å². The van der Waals surface area contributed by atoms with Gasteiger partial charge in [-0.05, 0) is 54.3 Å². The third kappa shape index (κ3) is 3.61. The zero-order chi connectivity index (χ0) is 22.1. The molecule has 0 bridgehead atoms. The number of rotatable bonds is 6. The minimum atomic E-state index is -0.317. The highest BCUT2D eigenvalue weighted by molar-refractivity contribution is 7.13. The lowest BCUT2D eigenvalue weighted by molar-refractivity contribution is 0.0942. The Kier molecular flexibility index (Phi) is 5.33. The van der Waals surface area contributed by atoms with E-state index in [4.69, 9.17) is 5.10 Å². The van der Waals surface area contributed by atoms with Crippen LogP contribution in [0.4, 0.5) is 4.39 Å². The maximum Gasteiger partial charge on any atom is 0.268 e. The summed E-state index contributed by atoms with van der Waals surface area (Å²) in [5, 5.41) is 10.8. The normalized spacial score (nSPS) is 11.2. The number of nitrogens with one attached hydrogen (secondary N) is 1. The van der Waals surface area contributed by atoms with Crippen molar-refractivity contribution in [1.29, 1.82) is 0 Å². The summed E-state index contributed by atoms with van der Waals surface area (Å²) >= 11 is 1.62. The predicted octanol–water partition coefficient (Wildman–Crippen LogP) is 5.64. The SMILES string of the molecule is CCn1c(C(=O)NCc2cccc(F)c2)cc2c(-c3cccs3)nn(-c3ccccc3)c21. The standard InChI is InChI=1S/C25H21FN4OS/c1-2-29-21(24(31)27-16-17-8-6-9-18(26)14-17)15-20-23(22-12-7-13-32-22)28-30(25(20)29)19-10-4-3-5-11-19/h3-15H,2,16H2,1H3,(H,27,31). The van der Waals surface area contributed by atoms with Crippen LogP contribution in [-0.2, 0) is 13.1 Å². The van der Waals surface area contributed by atoms with Crippen LogP contribution in [0.25, 0.3) is 27.3 Å². The van der Waals surface area contributed by atoms with Gasteiger partial charge in [0.2, 0.25) is 0 Å². The maximum absolute atomic E-state index is 13.5. The molecule has 5 rings (SSSR count). The van der Waals surface area contributed by atoms with Gasteiger partial charge < -0.3 is 9.88 Å². The molecule has 0 aliphatic heterocycles. The fraction of sp³-hybridized carbons (Fsp3) is 0.120. The first-order chi connectivity index (χ1) is 15.7. The number of fused-ring (bicyclic) bond motifs is 1. The molecule has 0 unspecified atom stereocenters. The monoisotopic (exact) mass is 444 g/mol. The Balaban J connectivity index is 1.60. The Hall–Kier alpha value is -3.71. The molecule has 0 aliphatic carbocycles. The molecule has 160 valence electrons. The van der Waals surface area contributed by atoms with Crippen LogP contribution in [0.5, 0.6) is 0 Å². The Labute approximate surface area is 188 Å². The Morgan fingerprint density at radius 3 is 2.62 bits per heavy atom. The first kappa shape index (κ1) is 20.2. The number of para-hydroxylation sites is 1. The van der Waals surface area contributed by atoms with Crippen molar-refractivity contribution in [2.75, 3.05) is 0 Å². The number of hydrogen-bond donors (Lipinski definition) is 1. The van der Waals surface area contributed by atoms with Crippen molar-refractivity contribution in [2.24, 2.45) is 0 Å². The van der Waals surface area contributed by atoms with Crippen LogP contribution in [0, 0.1) is 5.82 Å². The van der Waals surface area contributed by atoms with Gasteiger partial charge >= 0.3 is 0 Å². The van der Waals surface area contributed by atoms with Crippen molar-refractivity contribution in [1.82, 2.24) is 19.7 Å². The Morgan fingerprint density at radius 1 is 1.06 bits per heavy atom. The molecule has 5 aromatic rings. The smallest absolute Gasteiger partial charge is 0.268 e. The van der Waals surface area contributed by atoms with Gasteiger partial charge in [0.15, 0.2) is 0 Å². The van der Waals surface area contributed by atoms with Crippen molar-refractivity contribution < 1.29 is 9.18 Å². The fourth-order valence-corrected chi connectivity index (χ4v) is 4.64. The van der Waals surface area contributed by atoms with Gasteiger partial charge in [0, 0.05) is 18.5 Å². The minimum absolute atomic E-state index is 0.205.